The number of nitrogens with one attached hydrogen (secondary N) is 1. The van der Waals surface area contributed by atoms with Gasteiger partial charge in [0, 0.05) is 28.8 Å². The van der Waals surface area contributed by atoms with Crippen molar-refractivity contribution in [1.29, 1.82) is 0 Å². The maximum absolute atomic E-state index is 12.8. The van der Waals surface area contributed by atoms with Crippen molar-refractivity contribution in [3.8, 4) is 0 Å². The van der Waals surface area contributed by atoms with Gasteiger partial charge in [-0.2, -0.15) is 0 Å². The summed E-state index contributed by atoms with van der Waals surface area (Å²) < 4.78 is 0. The number of nitro groups is 1. The van der Waals surface area contributed by atoms with Gasteiger partial charge in [-0.25, -0.2) is 0 Å². The lowest BCUT2D eigenvalue weighted by molar-refractivity contribution is -0.384. The minimum atomic E-state index is -0.480. The monoisotopic (exact) mass is 338 g/mol. The number of fused-ring (bicyclic) bond motifs is 2. The van der Waals surface area contributed by atoms with Gasteiger partial charge in [-0.05, 0) is 5.56 Å². The molecule has 0 saturated heterocycles. The van der Waals surface area contributed by atoms with E-state index in [2.05, 4.69) is 5.32 Å². The van der Waals surface area contributed by atoms with E-state index in [1.54, 1.807) is 30.3 Å². The summed E-state index contributed by atoms with van der Waals surface area (Å²) in [5.41, 5.74) is 3.01. The molecule has 1 amide bonds. The molecule has 2 aliphatic rings. The van der Waals surface area contributed by atoms with Crippen molar-refractivity contribution in [2.24, 2.45) is 0 Å². The Bertz CT molecular complexity index is 934. The number of benzene rings is 2. The molecule has 1 aliphatic carbocycles. The summed E-state index contributed by atoms with van der Waals surface area (Å²) in [7, 11) is 0. The van der Waals surface area contributed by atoms with Crippen molar-refractivity contribution in [1.82, 2.24) is 5.32 Å². The van der Waals surface area contributed by atoms with E-state index in [4.69, 9.17) is 0 Å². The molecule has 0 unspecified atom stereocenters. The molecule has 7 heteroatoms. The van der Waals surface area contributed by atoms with Crippen LogP contribution in [0.2, 0.25) is 0 Å². The van der Waals surface area contributed by atoms with Gasteiger partial charge in [0.15, 0.2) is 5.78 Å². The number of amides is 1. The summed E-state index contributed by atoms with van der Waals surface area (Å²) in [4.78, 5) is 35.2. The summed E-state index contributed by atoms with van der Waals surface area (Å²) in [6.07, 6.45) is 0. The first kappa shape index (κ1) is 14.6. The third-order valence-electron chi connectivity index (χ3n) is 4.08. The van der Waals surface area contributed by atoms with E-state index >= 15 is 0 Å². The molecule has 0 spiro atoms. The molecule has 0 bridgehead atoms. The molecule has 0 saturated carbocycles. The molecular weight excluding hydrogens is 328 g/mol. The van der Waals surface area contributed by atoms with Crippen LogP contribution >= 0.6 is 11.8 Å². The number of Topliss-reactive ketones (excluding diaryl/α,β-unsaturated/α-hetero) is 1. The second kappa shape index (κ2) is 5.31. The number of nitrogens with zero attached hydrogens (tertiary/aromatic N) is 1. The van der Waals surface area contributed by atoms with Crippen LogP contribution in [0.1, 0.15) is 26.7 Å². The summed E-state index contributed by atoms with van der Waals surface area (Å²) >= 11 is 1.01. The number of nitro benzene ring substituents is 1. The fraction of sp³-hybridized carbons (Fsp3) is 0.0588. The molecule has 0 radical (unpaired) electrons. The van der Waals surface area contributed by atoms with Crippen LogP contribution in [-0.4, -0.2) is 15.9 Å². The van der Waals surface area contributed by atoms with Crippen LogP contribution < -0.4 is 5.32 Å². The zero-order chi connectivity index (χ0) is 16.8. The van der Waals surface area contributed by atoms with E-state index in [0.29, 0.717) is 22.4 Å². The third-order valence-corrected chi connectivity index (χ3v) is 5.14. The lowest BCUT2D eigenvalue weighted by Gasteiger charge is -2.23. The largest absolute Gasteiger partial charge is 0.316 e. The van der Waals surface area contributed by atoms with E-state index in [1.165, 1.54) is 12.1 Å². The Kier molecular flexibility index (Phi) is 3.24. The van der Waals surface area contributed by atoms with Crippen LogP contribution in [0.3, 0.4) is 0 Å². The maximum Gasteiger partial charge on any atom is 0.284 e. The predicted molar refractivity (Wildman–Crippen MR) is 89.7 cm³/mol. The highest BCUT2D eigenvalue weighted by molar-refractivity contribution is 8.14. The molecule has 1 aliphatic heterocycles. The SMILES string of the molecule is O=C1NC2=C(C(=O)c3ccccc32)[C@@H](c2ccc([N+](=O)[O-])cc2)S1. The molecule has 1 heterocycles. The summed E-state index contributed by atoms with van der Waals surface area (Å²) in [5.74, 6) is -0.114. The van der Waals surface area contributed by atoms with Crippen molar-refractivity contribution in [3.05, 3.63) is 80.9 Å². The number of non-ortho nitro benzene ring substituents is 1. The Morgan fingerprint density at radius 3 is 2.33 bits per heavy atom. The van der Waals surface area contributed by atoms with Crippen molar-refractivity contribution >= 4 is 34.2 Å². The standard InChI is InChI=1S/C17H10N2O4S/c20-15-12-4-2-1-3-11(12)14-13(15)16(24-17(21)18-14)9-5-7-10(8-6-9)19(22)23/h1-8,16H,(H,18,21)/t16-/m1/s1. The third kappa shape index (κ3) is 2.13. The molecule has 6 nitrogen and oxygen atoms in total. The average Bonchev–Trinajstić information content (AvgIpc) is 2.87. The van der Waals surface area contributed by atoms with E-state index in [0.717, 1.165) is 17.3 Å². The van der Waals surface area contributed by atoms with Crippen LogP contribution in [0.15, 0.2) is 54.1 Å². The van der Waals surface area contributed by atoms with Gasteiger partial charge in [0.2, 0.25) is 0 Å². The molecule has 1 atom stereocenters. The van der Waals surface area contributed by atoms with Gasteiger partial charge < -0.3 is 5.32 Å². The number of hydrogen-bond acceptors (Lipinski definition) is 5. The number of rotatable bonds is 2. The highest BCUT2D eigenvalue weighted by Gasteiger charge is 2.40. The summed E-state index contributed by atoms with van der Waals surface area (Å²) in [6, 6.07) is 13.1. The van der Waals surface area contributed by atoms with Crippen molar-refractivity contribution in [2.75, 3.05) is 0 Å². The molecule has 118 valence electrons. The number of ketones is 1. The topological polar surface area (TPSA) is 89.3 Å². The quantitative estimate of drug-likeness (QED) is 0.666. The minimum Gasteiger partial charge on any atom is -0.316 e. The Hall–Kier alpha value is -2.93. The van der Waals surface area contributed by atoms with Gasteiger partial charge in [0.25, 0.3) is 10.9 Å². The number of hydrogen-bond donors (Lipinski definition) is 1. The van der Waals surface area contributed by atoms with Crippen LogP contribution in [0, 0.1) is 10.1 Å². The molecule has 2 aromatic carbocycles. The lowest BCUT2D eigenvalue weighted by atomic mass is 10.0. The Labute approximate surface area is 140 Å². The zero-order valence-electron chi connectivity index (χ0n) is 12.2. The fourth-order valence-electron chi connectivity index (χ4n) is 2.99. The second-order valence-electron chi connectivity index (χ2n) is 5.42. The molecule has 4 rings (SSSR count). The molecule has 1 N–H and O–H groups in total. The Balaban J connectivity index is 1.82. The second-order valence-corrected chi connectivity index (χ2v) is 6.50. The first-order valence-electron chi connectivity index (χ1n) is 7.16. The van der Waals surface area contributed by atoms with Gasteiger partial charge in [0.1, 0.15) is 0 Å². The number of carbonyl (C=O) groups excluding carboxylic acids is 2. The number of thioether (sulfide) groups is 1. The van der Waals surface area contributed by atoms with Gasteiger partial charge in [-0.1, -0.05) is 48.2 Å². The normalized spacial score (nSPS) is 18.9. The van der Waals surface area contributed by atoms with Gasteiger partial charge in [0.05, 0.1) is 15.9 Å². The summed E-state index contributed by atoms with van der Waals surface area (Å²) in [5, 5.41) is 12.8. The smallest absolute Gasteiger partial charge is 0.284 e. The Morgan fingerprint density at radius 1 is 1.00 bits per heavy atom. The van der Waals surface area contributed by atoms with Crippen LogP contribution in [-0.2, 0) is 0 Å². The van der Waals surface area contributed by atoms with Crippen molar-refractivity contribution in [2.45, 2.75) is 5.25 Å². The predicted octanol–water partition coefficient (Wildman–Crippen LogP) is 3.70. The van der Waals surface area contributed by atoms with Crippen molar-refractivity contribution < 1.29 is 14.5 Å². The lowest BCUT2D eigenvalue weighted by Crippen LogP contribution is -2.25. The van der Waals surface area contributed by atoms with Crippen LogP contribution in [0.5, 0.6) is 0 Å². The van der Waals surface area contributed by atoms with E-state index in [9.17, 15) is 19.7 Å². The van der Waals surface area contributed by atoms with E-state index in [-0.39, 0.29) is 16.7 Å². The van der Waals surface area contributed by atoms with E-state index < -0.39 is 10.2 Å². The number of carbonyl (C=O) groups is 2. The van der Waals surface area contributed by atoms with Crippen LogP contribution in [0.25, 0.3) is 5.70 Å². The highest BCUT2D eigenvalue weighted by Crippen LogP contribution is 2.48. The average molecular weight is 338 g/mol. The summed E-state index contributed by atoms with van der Waals surface area (Å²) in [6.45, 7) is 0. The first-order chi connectivity index (χ1) is 11.6. The molecule has 24 heavy (non-hydrogen) atoms. The van der Waals surface area contributed by atoms with Crippen molar-refractivity contribution in [3.63, 3.8) is 0 Å². The molecule has 0 aromatic heterocycles. The first-order valence-corrected chi connectivity index (χ1v) is 8.04. The van der Waals surface area contributed by atoms with E-state index in [1.807, 2.05) is 6.07 Å². The molecule has 0 fully saturated rings. The Morgan fingerprint density at radius 2 is 1.67 bits per heavy atom. The minimum absolute atomic E-state index is 0.0285. The van der Waals surface area contributed by atoms with Gasteiger partial charge in [-0.15, -0.1) is 0 Å². The maximum atomic E-state index is 12.8. The molecular formula is C17H10N2O4S. The zero-order valence-corrected chi connectivity index (χ0v) is 13.0. The van der Waals surface area contributed by atoms with Gasteiger partial charge >= 0.3 is 0 Å². The van der Waals surface area contributed by atoms with Gasteiger partial charge in [-0.3, -0.25) is 19.7 Å². The molecule has 2 aromatic rings. The van der Waals surface area contributed by atoms with Crippen LogP contribution in [0.4, 0.5) is 10.5 Å². The fourth-order valence-corrected chi connectivity index (χ4v) is 4.00. The highest BCUT2D eigenvalue weighted by atomic mass is 32.2.